The summed E-state index contributed by atoms with van der Waals surface area (Å²) >= 11 is 0. The molecule has 0 saturated heterocycles. The Kier molecular flexibility index (Phi) is 4.57. The van der Waals surface area contributed by atoms with Crippen molar-refractivity contribution in [3.63, 3.8) is 0 Å². The van der Waals surface area contributed by atoms with Gasteiger partial charge in [-0.15, -0.1) is 0 Å². The number of benzene rings is 1. The largest absolute Gasteiger partial charge is 0.416 e. The average molecular weight is 298 g/mol. The van der Waals surface area contributed by atoms with E-state index in [0.29, 0.717) is 6.07 Å². The van der Waals surface area contributed by atoms with Crippen molar-refractivity contribution in [2.75, 3.05) is 0 Å². The maximum atomic E-state index is 13.0. The van der Waals surface area contributed by atoms with E-state index in [1.807, 2.05) is 0 Å². The Labute approximate surface area is 119 Å². The summed E-state index contributed by atoms with van der Waals surface area (Å²) in [7, 11) is 0. The molecule has 2 rings (SSSR count). The summed E-state index contributed by atoms with van der Waals surface area (Å²) in [5, 5.41) is 2.96. The highest BCUT2D eigenvalue weighted by molar-refractivity contribution is 5.30. The number of alkyl halides is 3. The first-order chi connectivity index (χ1) is 9.88. The second kappa shape index (κ2) is 6.22. The summed E-state index contributed by atoms with van der Waals surface area (Å²) in [4.78, 5) is 4.13. The number of rotatable bonds is 4. The SMILES string of the molecule is C[C@H](NCc1ccc(F)cc1C(F)(F)F)c1ccccn1. The van der Waals surface area contributed by atoms with Gasteiger partial charge in [0, 0.05) is 18.8 Å². The summed E-state index contributed by atoms with van der Waals surface area (Å²) < 4.78 is 51.6. The predicted octanol–water partition coefficient (Wildman–Crippen LogP) is 4.09. The van der Waals surface area contributed by atoms with Gasteiger partial charge in [0.05, 0.1) is 11.3 Å². The Morgan fingerprint density at radius 1 is 1.19 bits per heavy atom. The van der Waals surface area contributed by atoms with Gasteiger partial charge in [0.15, 0.2) is 0 Å². The molecule has 2 aromatic rings. The molecule has 1 aromatic heterocycles. The summed E-state index contributed by atoms with van der Waals surface area (Å²) in [6.07, 6.45) is -2.96. The van der Waals surface area contributed by atoms with E-state index in [4.69, 9.17) is 0 Å². The molecule has 2 nitrogen and oxygen atoms in total. The minimum atomic E-state index is -4.58. The molecule has 0 bridgehead atoms. The Morgan fingerprint density at radius 2 is 1.95 bits per heavy atom. The molecule has 21 heavy (non-hydrogen) atoms. The van der Waals surface area contributed by atoms with Gasteiger partial charge in [-0.25, -0.2) is 4.39 Å². The minimum absolute atomic E-state index is 0.00619. The topological polar surface area (TPSA) is 24.9 Å². The second-order valence-electron chi connectivity index (χ2n) is 4.66. The zero-order valence-electron chi connectivity index (χ0n) is 11.3. The lowest BCUT2D eigenvalue weighted by molar-refractivity contribution is -0.138. The predicted molar refractivity (Wildman–Crippen MR) is 70.9 cm³/mol. The number of nitrogens with one attached hydrogen (secondary N) is 1. The van der Waals surface area contributed by atoms with Crippen molar-refractivity contribution in [2.45, 2.75) is 25.7 Å². The standard InChI is InChI=1S/C15H14F4N2/c1-10(14-4-2-3-7-20-14)21-9-11-5-6-12(16)8-13(11)15(17,18)19/h2-8,10,21H,9H2,1H3/t10-/m0/s1. The van der Waals surface area contributed by atoms with E-state index < -0.39 is 17.6 Å². The van der Waals surface area contributed by atoms with Crippen molar-refractivity contribution in [3.05, 3.63) is 65.2 Å². The van der Waals surface area contributed by atoms with Crippen LogP contribution in [0.4, 0.5) is 17.6 Å². The summed E-state index contributed by atoms with van der Waals surface area (Å²) in [5.41, 5.74) is -0.219. The monoisotopic (exact) mass is 298 g/mol. The quantitative estimate of drug-likeness (QED) is 0.860. The van der Waals surface area contributed by atoms with E-state index in [1.54, 1.807) is 31.3 Å². The molecule has 0 saturated carbocycles. The van der Waals surface area contributed by atoms with Gasteiger partial charge in [-0.2, -0.15) is 13.2 Å². The van der Waals surface area contributed by atoms with Gasteiger partial charge in [0.1, 0.15) is 5.82 Å². The van der Waals surface area contributed by atoms with Gasteiger partial charge in [0.25, 0.3) is 0 Å². The molecule has 0 spiro atoms. The first-order valence-electron chi connectivity index (χ1n) is 6.38. The summed E-state index contributed by atoms with van der Waals surface area (Å²) in [5.74, 6) is -0.899. The lowest BCUT2D eigenvalue weighted by Crippen LogP contribution is -2.21. The minimum Gasteiger partial charge on any atom is -0.305 e. The fourth-order valence-electron chi connectivity index (χ4n) is 1.97. The van der Waals surface area contributed by atoms with Crippen LogP contribution in [-0.2, 0) is 12.7 Å². The summed E-state index contributed by atoms with van der Waals surface area (Å²) in [6.45, 7) is 1.78. The third kappa shape index (κ3) is 4.01. The van der Waals surface area contributed by atoms with Gasteiger partial charge in [-0.1, -0.05) is 12.1 Å². The smallest absolute Gasteiger partial charge is 0.305 e. The molecular weight excluding hydrogens is 284 g/mol. The molecule has 0 aliphatic heterocycles. The molecule has 1 heterocycles. The maximum Gasteiger partial charge on any atom is 0.416 e. The number of halogens is 4. The van der Waals surface area contributed by atoms with Gasteiger partial charge in [-0.3, -0.25) is 4.98 Å². The number of hydrogen-bond acceptors (Lipinski definition) is 2. The van der Waals surface area contributed by atoms with Gasteiger partial charge in [0.2, 0.25) is 0 Å². The molecule has 112 valence electrons. The summed E-state index contributed by atoms with van der Waals surface area (Å²) in [6, 6.07) is 7.83. The van der Waals surface area contributed by atoms with Crippen LogP contribution >= 0.6 is 0 Å². The maximum absolute atomic E-state index is 13.0. The van der Waals surface area contributed by atoms with Crippen LogP contribution in [0.3, 0.4) is 0 Å². The molecule has 0 amide bonds. The number of pyridine rings is 1. The van der Waals surface area contributed by atoms with Gasteiger partial charge >= 0.3 is 6.18 Å². The Bertz CT molecular complexity index is 596. The van der Waals surface area contributed by atoms with E-state index in [9.17, 15) is 17.6 Å². The van der Waals surface area contributed by atoms with Gasteiger partial charge < -0.3 is 5.32 Å². The molecule has 0 unspecified atom stereocenters. The van der Waals surface area contributed by atoms with Crippen molar-refractivity contribution in [3.8, 4) is 0 Å². The number of hydrogen-bond donors (Lipinski definition) is 1. The Balaban J connectivity index is 2.14. The highest BCUT2D eigenvalue weighted by Crippen LogP contribution is 2.32. The molecule has 6 heteroatoms. The molecule has 0 aliphatic rings. The van der Waals surface area contributed by atoms with E-state index in [0.717, 1.165) is 17.8 Å². The first-order valence-corrected chi connectivity index (χ1v) is 6.38. The molecule has 1 N–H and O–H groups in total. The Morgan fingerprint density at radius 3 is 2.57 bits per heavy atom. The third-order valence-corrected chi connectivity index (χ3v) is 3.11. The lowest BCUT2D eigenvalue weighted by Gasteiger charge is -2.17. The second-order valence-corrected chi connectivity index (χ2v) is 4.66. The van der Waals surface area contributed by atoms with Crippen LogP contribution in [0.2, 0.25) is 0 Å². The molecule has 0 fully saturated rings. The average Bonchev–Trinajstić information content (AvgIpc) is 2.45. The molecule has 1 aromatic carbocycles. The fraction of sp³-hybridized carbons (Fsp3) is 0.267. The fourth-order valence-corrected chi connectivity index (χ4v) is 1.97. The molecular formula is C15H14F4N2. The van der Waals surface area contributed by atoms with E-state index in [1.165, 1.54) is 0 Å². The van der Waals surface area contributed by atoms with E-state index >= 15 is 0 Å². The van der Waals surface area contributed by atoms with Crippen LogP contribution in [0.15, 0.2) is 42.6 Å². The van der Waals surface area contributed by atoms with Crippen molar-refractivity contribution >= 4 is 0 Å². The third-order valence-electron chi connectivity index (χ3n) is 3.11. The Hall–Kier alpha value is -1.95. The van der Waals surface area contributed by atoms with Crippen molar-refractivity contribution < 1.29 is 17.6 Å². The van der Waals surface area contributed by atoms with E-state index in [2.05, 4.69) is 10.3 Å². The van der Waals surface area contributed by atoms with Crippen LogP contribution in [-0.4, -0.2) is 4.98 Å². The van der Waals surface area contributed by atoms with Crippen molar-refractivity contribution in [1.82, 2.24) is 10.3 Å². The van der Waals surface area contributed by atoms with Crippen LogP contribution in [0.5, 0.6) is 0 Å². The number of aromatic nitrogens is 1. The first kappa shape index (κ1) is 15.4. The molecule has 0 radical (unpaired) electrons. The highest BCUT2D eigenvalue weighted by Gasteiger charge is 2.33. The van der Waals surface area contributed by atoms with Crippen molar-refractivity contribution in [2.24, 2.45) is 0 Å². The van der Waals surface area contributed by atoms with Crippen LogP contribution < -0.4 is 5.32 Å². The normalized spacial score (nSPS) is 13.2. The highest BCUT2D eigenvalue weighted by atomic mass is 19.4. The van der Waals surface area contributed by atoms with E-state index in [-0.39, 0.29) is 18.2 Å². The molecule has 1 atom stereocenters. The van der Waals surface area contributed by atoms with Crippen LogP contribution in [0.25, 0.3) is 0 Å². The number of nitrogens with zero attached hydrogens (tertiary/aromatic N) is 1. The van der Waals surface area contributed by atoms with Gasteiger partial charge in [-0.05, 0) is 36.8 Å². The molecule has 0 aliphatic carbocycles. The van der Waals surface area contributed by atoms with Crippen molar-refractivity contribution in [1.29, 1.82) is 0 Å². The van der Waals surface area contributed by atoms with Crippen LogP contribution in [0, 0.1) is 5.82 Å². The zero-order valence-corrected chi connectivity index (χ0v) is 11.3. The van der Waals surface area contributed by atoms with Crippen LogP contribution in [0.1, 0.15) is 29.8 Å². The lowest BCUT2D eigenvalue weighted by atomic mass is 10.1. The zero-order chi connectivity index (χ0) is 15.5.